The van der Waals surface area contributed by atoms with E-state index in [9.17, 15) is 9.59 Å². The second-order valence-electron chi connectivity index (χ2n) is 7.89. The van der Waals surface area contributed by atoms with Crippen LogP contribution in [0.15, 0.2) is 21.4 Å². The van der Waals surface area contributed by atoms with Crippen molar-refractivity contribution in [3.63, 3.8) is 0 Å². The Labute approximate surface area is 150 Å². The number of benzene rings is 1. The van der Waals surface area contributed by atoms with Gasteiger partial charge in [-0.15, -0.1) is 0 Å². The molecule has 0 saturated heterocycles. The number of hydrogen-bond donors (Lipinski definition) is 0. The van der Waals surface area contributed by atoms with Crippen molar-refractivity contribution in [1.29, 1.82) is 0 Å². The smallest absolute Gasteiger partial charge is 0.336 e. The summed E-state index contributed by atoms with van der Waals surface area (Å²) < 4.78 is 17.9. The second-order valence-corrected chi connectivity index (χ2v) is 7.89. The van der Waals surface area contributed by atoms with Gasteiger partial charge in [0.05, 0.1) is 16.9 Å². The van der Waals surface area contributed by atoms with Crippen molar-refractivity contribution in [2.24, 2.45) is 5.92 Å². The summed E-state index contributed by atoms with van der Waals surface area (Å²) in [6.45, 7) is 6.00. The third kappa shape index (κ3) is 2.09. The van der Waals surface area contributed by atoms with Crippen LogP contribution in [-0.4, -0.2) is 17.5 Å². The van der Waals surface area contributed by atoms with Crippen LogP contribution in [0, 0.1) is 5.92 Å². The zero-order valence-corrected chi connectivity index (χ0v) is 15.0. The molecule has 5 heteroatoms. The minimum atomic E-state index is -0.491. The standard InChI is InChI=1S/C21H20O5/c1-4-5-10-8-14(22)25-20-15(10)19-11(6-7-21(2,3)26-19)18-16(20)17(23)12-9-13(12)24-18/h6-8,12-13H,4-5,9H2,1-3H3/t12-,13+/m0/s1. The zero-order chi connectivity index (χ0) is 18.2. The third-order valence-corrected chi connectivity index (χ3v) is 5.33. The summed E-state index contributed by atoms with van der Waals surface area (Å²) in [6.07, 6.45) is 6.17. The molecule has 2 aliphatic heterocycles. The minimum Gasteiger partial charge on any atom is -0.488 e. The van der Waals surface area contributed by atoms with Crippen LogP contribution >= 0.6 is 0 Å². The first-order valence-electron chi connectivity index (χ1n) is 9.15. The molecule has 2 aromatic rings. The van der Waals surface area contributed by atoms with Gasteiger partial charge in [-0.3, -0.25) is 4.79 Å². The van der Waals surface area contributed by atoms with Gasteiger partial charge in [0, 0.05) is 6.07 Å². The Balaban J connectivity index is 1.94. The van der Waals surface area contributed by atoms with Crippen molar-refractivity contribution in [3.8, 4) is 11.5 Å². The highest BCUT2D eigenvalue weighted by Gasteiger charge is 2.52. The maximum atomic E-state index is 13.0. The molecule has 1 aliphatic carbocycles. The molecule has 0 spiro atoms. The van der Waals surface area contributed by atoms with Crippen LogP contribution in [0.3, 0.4) is 0 Å². The Kier molecular flexibility index (Phi) is 3.01. The number of ether oxygens (including phenoxy) is 2. The summed E-state index contributed by atoms with van der Waals surface area (Å²) >= 11 is 0. The summed E-state index contributed by atoms with van der Waals surface area (Å²) in [4.78, 5) is 25.1. The summed E-state index contributed by atoms with van der Waals surface area (Å²) in [7, 11) is 0. The predicted molar refractivity (Wildman–Crippen MR) is 97.1 cm³/mol. The van der Waals surface area contributed by atoms with Gasteiger partial charge in [-0.1, -0.05) is 13.3 Å². The largest absolute Gasteiger partial charge is 0.488 e. The average molecular weight is 352 g/mol. The van der Waals surface area contributed by atoms with Crippen LogP contribution in [0.25, 0.3) is 17.0 Å². The molecular weight excluding hydrogens is 332 g/mol. The molecular formula is C21H20O5. The van der Waals surface area contributed by atoms with E-state index in [1.54, 1.807) is 0 Å². The van der Waals surface area contributed by atoms with Gasteiger partial charge >= 0.3 is 5.63 Å². The number of rotatable bonds is 2. The van der Waals surface area contributed by atoms with Crippen LogP contribution in [-0.2, 0) is 6.42 Å². The number of fused-ring (bicyclic) bond motifs is 7. The molecule has 5 nitrogen and oxygen atoms in total. The summed E-state index contributed by atoms with van der Waals surface area (Å²) in [5.74, 6) is 1.04. The highest BCUT2D eigenvalue weighted by atomic mass is 16.5. The van der Waals surface area contributed by atoms with Crippen LogP contribution in [0.4, 0.5) is 0 Å². The number of carbonyl (C=O) groups is 1. The lowest BCUT2D eigenvalue weighted by atomic mass is 9.90. The fraction of sp³-hybridized carbons (Fsp3) is 0.429. The van der Waals surface area contributed by atoms with Crippen molar-refractivity contribution < 1.29 is 18.7 Å². The first-order valence-corrected chi connectivity index (χ1v) is 9.15. The predicted octanol–water partition coefficient (Wildman–Crippen LogP) is 3.89. The molecule has 2 atom stereocenters. The highest BCUT2D eigenvalue weighted by Crippen LogP contribution is 2.53. The fourth-order valence-electron chi connectivity index (χ4n) is 4.01. The number of hydrogen-bond acceptors (Lipinski definition) is 5. The van der Waals surface area contributed by atoms with Crippen LogP contribution in [0.5, 0.6) is 11.5 Å². The quantitative estimate of drug-likeness (QED) is 0.767. The Bertz CT molecular complexity index is 1060. The van der Waals surface area contributed by atoms with Gasteiger partial charge in [-0.25, -0.2) is 4.79 Å². The second kappa shape index (κ2) is 5.00. The van der Waals surface area contributed by atoms with E-state index < -0.39 is 11.2 Å². The average Bonchev–Trinajstić information content (AvgIpc) is 3.33. The van der Waals surface area contributed by atoms with Gasteiger partial charge in [0.25, 0.3) is 0 Å². The maximum Gasteiger partial charge on any atom is 0.336 e. The summed E-state index contributed by atoms with van der Waals surface area (Å²) in [5.41, 5.74) is 1.41. The SMILES string of the molecule is CCCc1cc(=O)oc2c3c(c4c(c12)OC(C)(C)C=C4)O[C@@H]1C[C@@H]1C3=O. The lowest BCUT2D eigenvalue weighted by Crippen LogP contribution is -2.29. The van der Waals surface area contributed by atoms with Gasteiger partial charge in [0.15, 0.2) is 11.4 Å². The summed E-state index contributed by atoms with van der Waals surface area (Å²) in [6, 6.07) is 1.52. The minimum absolute atomic E-state index is 0.0130. The van der Waals surface area contributed by atoms with Gasteiger partial charge in [-0.05, 0) is 44.4 Å². The maximum absolute atomic E-state index is 13.0. The topological polar surface area (TPSA) is 65.7 Å². The number of ketones is 1. The normalized spacial score (nSPS) is 24.3. The van der Waals surface area contributed by atoms with Crippen molar-refractivity contribution >= 4 is 22.8 Å². The highest BCUT2D eigenvalue weighted by molar-refractivity contribution is 6.15. The molecule has 1 aromatic heterocycles. The molecule has 5 rings (SSSR count). The molecule has 26 heavy (non-hydrogen) atoms. The number of carbonyl (C=O) groups excluding carboxylic acids is 1. The van der Waals surface area contributed by atoms with Crippen molar-refractivity contribution in [3.05, 3.63) is 39.3 Å². The van der Waals surface area contributed by atoms with E-state index >= 15 is 0 Å². The molecule has 3 aliphatic rings. The molecule has 0 amide bonds. The third-order valence-electron chi connectivity index (χ3n) is 5.33. The zero-order valence-electron chi connectivity index (χ0n) is 15.0. The van der Waals surface area contributed by atoms with E-state index in [4.69, 9.17) is 13.9 Å². The molecule has 0 bridgehead atoms. The van der Waals surface area contributed by atoms with Gasteiger partial charge in [0.2, 0.25) is 0 Å². The fourth-order valence-corrected chi connectivity index (χ4v) is 4.01. The molecule has 134 valence electrons. The van der Waals surface area contributed by atoms with Crippen LogP contribution in [0.1, 0.15) is 55.1 Å². The first kappa shape index (κ1) is 15.7. The van der Waals surface area contributed by atoms with E-state index in [1.807, 2.05) is 26.0 Å². The molecule has 0 unspecified atom stereocenters. The Morgan fingerprint density at radius 1 is 1.23 bits per heavy atom. The Morgan fingerprint density at radius 2 is 2.04 bits per heavy atom. The molecule has 0 N–H and O–H groups in total. The molecule has 0 radical (unpaired) electrons. The molecule has 1 aromatic carbocycles. The first-order chi connectivity index (χ1) is 12.4. The van der Waals surface area contributed by atoms with Crippen LogP contribution in [0.2, 0.25) is 0 Å². The molecule has 1 saturated carbocycles. The monoisotopic (exact) mass is 352 g/mol. The summed E-state index contributed by atoms with van der Waals surface area (Å²) in [5, 5.41) is 0.730. The van der Waals surface area contributed by atoms with Crippen molar-refractivity contribution in [2.45, 2.75) is 51.7 Å². The van der Waals surface area contributed by atoms with E-state index in [0.717, 1.165) is 29.4 Å². The van der Waals surface area contributed by atoms with Crippen molar-refractivity contribution in [1.82, 2.24) is 0 Å². The molecule has 3 heterocycles. The number of aryl methyl sites for hydroxylation is 1. The Morgan fingerprint density at radius 3 is 2.81 bits per heavy atom. The Hall–Kier alpha value is -2.56. The van der Waals surface area contributed by atoms with Gasteiger partial charge in [-0.2, -0.15) is 0 Å². The van der Waals surface area contributed by atoms with Gasteiger partial charge < -0.3 is 13.9 Å². The van der Waals surface area contributed by atoms with E-state index in [-0.39, 0.29) is 17.8 Å². The van der Waals surface area contributed by atoms with E-state index in [0.29, 0.717) is 29.1 Å². The lowest BCUT2D eigenvalue weighted by Gasteiger charge is -2.31. The molecule has 1 fully saturated rings. The van der Waals surface area contributed by atoms with E-state index in [1.165, 1.54) is 6.07 Å². The van der Waals surface area contributed by atoms with Crippen LogP contribution < -0.4 is 15.1 Å². The lowest BCUT2D eigenvalue weighted by molar-refractivity contribution is 0.0919. The van der Waals surface area contributed by atoms with Crippen molar-refractivity contribution in [2.75, 3.05) is 0 Å². The van der Waals surface area contributed by atoms with E-state index in [2.05, 4.69) is 6.92 Å². The number of Topliss-reactive ketones (excluding diaryl/α,β-unsaturated/α-hetero) is 1. The van der Waals surface area contributed by atoms with Gasteiger partial charge in [0.1, 0.15) is 28.8 Å².